The molecular weight excluding hydrogens is 354 g/mol. The Labute approximate surface area is 168 Å². The van der Waals surface area contributed by atoms with Crippen molar-refractivity contribution >= 4 is 17.5 Å². The first-order valence-electron chi connectivity index (χ1n) is 10.5. The van der Waals surface area contributed by atoms with Crippen LogP contribution in [0.1, 0.15) is 49.9 Å². The lowest BCUT2D eigenvalue weighted by Crippen LogP contribution is -2.40. The Kier molecular flexibility index (Phi) is 7.45. The number of likely N-dealkylation sites (tertiary alicyclic amines) is 1. The Bertz CT molecular complexity index is 663. The second-order valence-corrected chi connectivity index (χ2v) is 8.39. The molecule has 28 heavy (non-hydrogen) atoms. The Morgan fingerprint density at radius 2 is 2.00 bits per heavy atom. The van der Waals surface area contributed by atoms with Crippen molar-refractivity contribution in [2.24, 2.45) is 11.8 Å². The topological polar surface area (TPSA) is 70.7 Å². The molecule has 154 valence electrons. The van der Waals surface area contributed by atoms with E-state index in [1.165, 1.54) is 6.42 Å². The number of anilines is 1. The molecule has 2 aliphatic rings. The summed E-state index contributed by atoms with van der Waals surface area (Å²) in [5.74, 6) is 1.27. The summed E-state index contributed by atoms with van der Waals surface area (Å²) in [5.41, 5.74) is 1.19. The molecule has 0 radical (unpaired) electrons. The van der Waals surface area contributed by atoms with Crippen molar-refractivity contribution in [1.82, 2.24) is 10.2 Å². The summed E-state index contributed by atoms with van der Waals surface area (Å²) in [6.45, 7) is 9.26. The Hall–Kier alpha value is -1.92. The molecule has 0 unspecified atom stereocenters. The smallest absolute Gasteiger partial charge is 0.253 e. The third kappa shape index (κ3) is 6.04. The summed E-state index contributed by atoms with van der Waals surface area (Å²) in [5, 5.41) is 5.84. The van der Waals surface area contributed by atoms with Gasteiger partial charge in [0.1, 0.15) is 6.10 Å². The van der Waals surface area contributed by atoms with E-state index in [1.54, 1.807) is 24.3 Å². The van der Waals surface area contributed by atoms with E-state index in [0.717, 1.165) is 50.7 Å². The first-order chi connectivity index (χ1) is 13.5. The lowest BCUT2D eigenvalue weighted by Gasteiger charge is -2.34. The molecule has 2 aliphatic heterocycles. The van der Waals surface area contributed by atoms with Crippen LogP contribution in [0.5, 0.6) is 0 Å². The second kappa shape index (κ2) is 10.0. The number of hydrogen-bond acceptors (Lipinski definition) is 4. The average molecular weight is 388 g/mol. The number of rotatable bonds is 7. The molecule has 6 nitrogen and oxygen atoms in total. The van der Waals surface area contributed by atoms with E-state index >= 15 is 0 Å². The van der Waals surface area contributed by atoms with Gasteiger partial charge in [-0.25, -0.2) is 0 Å². The van der Waals surface area contributed by atoms with Crippen LogP contribution in [-0.2, 0) is 9.53 Å². The van der Waals surface area contributed by atoms with E-state index < -0.39 is 0 Å². The van der Waals surface area contributed by atoms with Gasteiger partial charge in [-0.2, -0.15) is 0 Å². The first-order valence-corrected chi connectivity index (χ1v) is 10.5. The van der Waals surface area contributed by atoms with Crippen LogP contribution in [0.3, 0.4) is 0 Å². The number of ether oxygens (including phenoxy) is 1. The number of benzene rings is 1. The number of nitrogens with zero attached hydrogens (tertiary/aromatic N) is 1. The molecular formula is C22H33N3O3. The lowest BCUT2D eigenvalue weighted by molar-refractivity contribution is -0.124. The highest BCUT2D eigenvalue weighted by molar-refractivity contribution is 5.98. The van der Waals surface area contributed by atoms with Crippen LogP contribution in [-0.4, -0.2) is 55.6 Å². The third-order valence-electron chi connectivity index (χ3n) is 5.50. The van der Waals surface area contributed by atoms with Crippen LogP contribution in [0.4, 0.5) is 5.69 Å². The minimum absolute atomic E-state index is 0.103. The average Bonchev–Trinajstić information content (AvgIpc) is 3.19. The van der Waals surface area contributed by atoms with Gasteiger partial charge in [-0.05, 0) is 62.3 Å². The zero-order valence-corrected chi connectivity index (χ0v) is 17.1. The fourth-order valence-electron chi connectivity index (χ4n) is 4.33. The minimum atomic E-state index is -0.377. The molecule has 1 aromatic rings. The van der Waals surface area contributed by atoms with Crippen molar-refractivity contribution in [2.45, 2.75) is 45.6 Å². The number of nitrogens with one attached hydrogen (secondary N) is 2. The lowest BCUT2D eigenvalue weighted by atomic mass is 9.92. The second-order valence-electron chi connectivity index (χ2n) is 8.39. The number of carbonyl (C=O) groups excluding carboxylic acids is 2. The fraction of sp³-hybridized carbons (Fsp3) is 0.636. The number of amides is 2. The fourth-order valence-corrected chi connectivity index (χ4v) is 4.33. The van der Waals surface area contributed by atoms with Crippen LogP contribution in [0.2, 0.25) is 0 Å². The molecule has 0 saturated carbocycles. The molecule has 3 atom stereocenters. The van der Waals surface area contributed by atoms with Gasteiger partial charge in [-0.3, -0.25) is 9.59 Å². The standard InChI is InChI=1S/C22H33N3O3/c1-16-12-17(2)15-25(14-16)10-5-9-23-21(26)18-6-3-7-19(13-18)24-22(27)20-8-4-11-28-20/h3,6-7,13,16-17,20H,4-5,8-12,14-15H2,1-2H3,(H,23,26)(H,24,27)/t16-,17+,20-/m1/s1. The number of piperidine rings is 1. The maximum atomic E-state index is 12.4. The largest absolute Gasteiger partial charge is 0.368 e. The third-order valence-corrected chi connectivity index (χ3v) is 5.50. The molecule has 2 fully saturated rings. The predicted molar refractivity (Wildman–Crippen MR) is 110 cm³/mol. The van der Waals surface area contributed by atoms with Gasteiger partial charge in [0.15, 0.2) is 0 Å². The molecule has 2 N–H and O–H groups in total. The van der Waals surface area contributed by atoms with Gasteiger partial charge in [-0.15, -0.1) is 0 Å². The summed E-state index contributed by atoms with van der Waals surface area (Å²) in [7, 11) is 0. The maximum Gasteiger partial charge on any atom is 0.253 e. The van der Waals surface area contributed by atoms with Crippen LogP contribution in [0, 0.1) is 11.8 Å². The van der Waals surface area contributed by atoms with E-state index in [-0.39, 0.29) is 17.9 Å². The molecule has 0 bridgehead atoms. The summed E-state index contributed by atoms with van der Waals surface area (Å²) in [4.78, 5) is 27.1. The van der Waals surface area contributed by atoms with Gasteiger partial charge in [0.2, 0.25) is 0 Å². The van der Waals surface area contributed by atoms with Crippen LogP contribution >= 0.6 is 0 Å². The van der Waals surface area contributed by atoms with E-state index in [9.17, 15) is 9.59 Å². The van der Waals surface area contributed by atoms with E-state index in [0.29, 0.717) is 24.4 Å². The van der Waals surface area contributed by atoms with Crippen molar-refractivity contribution in [1.29, 1.82) is 0 Å². The molecule has 0 spiro atoms. The quantitative estimate of drug-likeness (QED) is 0.706. The Morgan fingerprint density at radius 1 is 1.21 bits per heavy atom. The van der Waals surface area contributed by atoms with Gasteiger partial charge in [0.05, 0.1) is 0 Å². The molecule has 1 aromatic carbocycles. The van der Waals surface area contributed by atoms with Gasteiger partial charge in [0.25, 0.3) is 11.8 Å². The molecule has 0 aliphatic carbocycles. The van der Waals surface area contributed by atoms with E-state index in [1.807, 2.05) is 0 Å². The van der Waals surface area contributed by atoms with Crippen molar-refractivity contribution in [3.63, 3.8) is 0 Å². The molecule has 2 amide bonds. The predicted octanol–water partition coefficient (Wildman–Crippen LogP) is 2.90. The summed E-state index contributed by atoms with van der Waals surface area (Å²) >= 11 is 0. The maximum absolute atomic E-state index is 12.4. The van der Waals surface area contributed by atoms with Crippen LogP contribution < -0.4 is 10.6 Å². The monoisotopic (exact) mass is 387 g/mol. The van der Waals surface area contributed by atoms with Crippen LogP contribution in [0.15, 0.2) is 24.3 Å². The van der Waals surface area contributed by atoms with Gasteiger partial charge in [0, 0.05) is 37.5 Å². The minimum Gasteiger partial charge on any atom is -0.368 e. The van der Waals surface area contributed by atoms with Crippen molar-refractivity contribution < 1.29 is 14.3 Å². The summed E-state index contributed by atoms with van der Waals surface area (Å²) < 4.78 is 5.40. The number of carbonyl (C=O) groups is 2. The van der Waals surface area contributed by atoms with E-state index in [2.05, 4.69) is 29.4 Å². The zero-order valence-electron chi connectivity index (χ0n) is 17.1. The first kappa shape index (κ1) is 20.8. The van der Waals surface area contributed by atoms with E-state index in [4.69, 9.17) is 4.74 Å². The highest BCUT2D eigenvalue weighted by atomic mass is 16.5. The van der Waals surface area contributed by atoms with Crippen molar-refractivity contribution in [3.8, 4) is 0 Å². The molecule has 2 heterocycles. The summed E-state index contributed by atoms with van der Waals surface area (Å²) in [6.07, 6.45) is 3.54. The van der Waals surface area contributed by atoms with Crippen molar-refractivity contribution in [2.75, 3.05) is 38.1 Å². The van der Waals surface area contributed by atoms with Gasteiger partial charge < -0.3 is 20.3 Å². The Balaban J connectivity index is 1.42. The Morgan fingerprint density at radius 3 is 2.71 bits per heavy atom. The normalized spacial score (nSPS) is 25.4. The molecule has 3 rings (SSSR count). The SMILES string of the molecule is C[C@@H]1C[C@H](C)CN(CCCNC(=O)c2cccc(NC(=O)[C@H]3CCCO3)c2)C1. The highest BCUT2D eigenvalue weighted by Gasteiger charge is 2.24. The van der Waals surface area contributed by atoms with Crippen LogP contribution in [0.25, 0.3) is 0 Å². The van der Waals surface area contributed by atoms with Gasteiger partial charge >= 0.3 is 0 Å². The molecule has 0 aromatic heterocycles. The summed E-state index contributed by atoms with van der Waals surface area (Å²) in [6, 6.07) is 7.07. The molecule has 2 saturated heterocycles. The highest BCUT2D eigenvalue weighted by Crippen LogP contribution is 2.21. The number of hydrogen-bond donors (Lipinski definition) is 2. The molecule has 6 heteroatoms. The van der Waals surface area contributed by atoms with Crippen molar-refractivity contribution in [3.05, 3.63) is 29.8 Å². The zero-order chi connectivity index (χ0) is 19.9. The van der Waals surface area contributed by atoms with Gasteiger partial charge in [-0.1, -0.05) is 19.9 Å².